The molecule has 0 aromatic carbocycles. The Labute approximate surface area is 39.4 Å². The Bertz CT molecular complexity index is 11.4. The summed E-state index contributed by atoms with van der Waals surface area (Å²) in [5, 5.41) is 0. The molecule has 0 unspecified atom stereocenters. The summed E-state index contributed by atoms with van der Waals surface area (Å²) < 4.78 is 0. The molecule has 6 heavy (non-hydrogen) atoms. The van der Waals surface area contributed by atoms with Gasteiger partial charge in [-0.25, -0.2) is 0 Å². The van der Waals surface area contributed by atoms with Gasteiger partial charge in [0.05, 0.1) is 0 Å². The minimum absolute atomic E-state index is 1.32. The van der Waals surface area contributed by atoms with E-state index in [2.05, 4.69) is 13.8 Å². The second-order valence-corrected chi connectivity index (χ2v) is 1.000. The smallest absolute Gasteiger partial charge is 0.106 e. The predicted octanol–water partition coefficient (Wildman–Crippen LogP) is 1.62. The first-order valence-electron chi connectivity index (χ1n) is 2.20. The summed E-state index contributed by atoms with van der Waals surface area (Å²) in [7, 11) is 0. The number of hydrogen-bond acceptors (Lipinski definition) is 1. The van der Waals surface area contributed by atoms with Gasteiger partial charge in [-0.2, -0.15) is 0 Å². The van der Waals surface area contributed by atoms with E-state index in [0.29, 0.717) is 0 Å². The van der Waals surface area contributed by atoms with Crippen molar-refractivity contribution < 1.29 is 4.79 Å². The summed E-state index contributed by atoms with van der Waals surface area (Å²) >= 11 is 0. The lowest BCUT2D eigenvalue weighted by Gasteiger charge is -1.68. The zero-order valence-corrected chi connectivity index (χ0v) is 4.53. The number of carbonyl (C=O) groups excluding carboxylic acids is 1. The van der Waals surface area contributed by atoms with E-state index in [-0.39, 0.29) is 0 Å². The minimum atomic E-state index is 1.32. The van der Waals surface area contributed by atoms with Crippen molar-refractivity contribution in [1.29, 1.82) is 0 Å². The van der Waals surface area contributed by atoms with Gasteiger partial charge in [0.25, 0.3) is 0 Å². The molecule has 0 aromatic heterocycles. The SMILES string of the molecule is C=O.CCCC. The number of unbranched alkanes of at least 4 members (excludes halogenated alkanes) is 1. The van der Waals surface area contributed by atoms with Crippen LogP contribution < -0.4 is 0 Å². The summed E-state index contributed by atoms with van der Waals surface area (Å²) in [6.07, 6.45) is 2.64. The lowest BCUT2D eigenvalue weighted by atomic mass is 10.4. The van der Waals surface area contributed by atoms with Crippen molar-refractivity contribution in [2.45, 2.75) is 26.7 Å². The fourth-order valence-corrected chi connectivity index (χ4v) is 0. The Hall–Kier alpha value is -0.330. The molecule has 0 fully saturated rings. The molecule has 0 rings (SSSR count). The van der Waals surface area contributed by atoms with Crippen LogP contribution in [0.1, 0.15) is 26.7 Å². The molecule has 0 saturated carbocycles. The highest BCUT2D eigenvalue weighted by atomic mass is 16.1. The summed E-state index contributed by atoms with van der Waals surface area (Å²) in [4.78, 5) is 8.00. The molecule has 0 saturated heterocycles. The van der Waals surface area contributed by atoms with Crippen molar-refractivity contribution in [3.63, 3.8) is 0 Å². The van der Waals surface area contributed by atoms with Crippen LogP contribution >= 0.6 is 0 Å². The normalized spacial score (nSPS) is 5.67. The van der Waals surface area contributed by atoms with Crippen molar-refractivity contribution in [2.24, 2.45) is 0 Å². The van der Waals surface area contributed by atoms with Crippen LogP contribution in [0.15, 0.2) is 0 Å². The molecule has 0 aromatic rings. The highest BCUT2D eigenvalue weighted by Gasteiger charge is 1.56. The Morgan fingerprint density at radius 1 is 1.17 bits per heavy atom. The zero-order chi connectivity index (χ0) is 5.41. The van der Waals surface area contributed by atoms with Crippen LogP contribution in [0, 0.1) is 0 Å². The monoisotopic (exact) mass is 88.1 g/mol. The Morgan fingerprint density at radius 2 is 1.33 bits per heavy atom. The van der Waals surface area contributed by atoms with Gasteiger partial charge in [0, 0.05) is 0 Å². The maximum atomic E-state index is 8.00. The van der Waals surface area contributed by atoms with Crippen LogP contribution in [-0.4, -0.2) is 6.79 Å². The molecule has 0 bridgehead atoms. The van der Waals surface area contributed by atoms with E-state index in [1.807, 2.05) is 6.79 Å². The van der Waals surface area contributed by atoms with Gasteiger partial charge >= 0.3 is 0 Å². The maximum absolute atomic E-state index is 8.00. The highest BCUT2D eigenvalue weighted by Crippen LogP contribution is 1.76. The number of rotatable bonds is 1. The average Bonchev–Trinajstić information content (AvgIpc) is 1.72. The van der Waals surface area contributed by atoms with Crippen LogP contribution in [-0.2, 0) is 4.79 Å². The van der Waals surface area contributed by atoms with Gasteiger partial charge in [-0.1, -0.05) is 26.7 Å². The molecule has 1 nitrogen and oxygen atoms in total. The van der Waals surface area contributed by atoms with Crippen molar-refractivity contribution in [1.82, 2.24) is 0 Å². The highest BCUT2D eigenvalue weighted by molar-refractivity contribution is 5.10. The van der Waals surface area contributed by atoms with E-state index in [1.165, 1.54) is 12.8 Å². The topological polar surface area (TPSA) is 17.1 Å². The van der Waals surface area contributed by atoms with Crippen molar-refractivity contribution in [2.75, 3.05) is 0 Å². The van der Waals surface area contributed by atoms with E-state index in [0.717, 1.165) is 0 Å². The van der Waals surface area contributed by atoms with Gasteiger partial charge in [-0.05, 0) is 0 Å². The Balaban J connectivity index is 0. The second-order valence-electron chi connectivity index (χ2n) is 1.000. The first kappa shape index (κ1) is 9.18. The van der Waals surface area contributed by atoms with Crippen LogP contribution in [0.3, 0.4) is 0 Å². The molecule has 0 aliphatic heterocycles. The van der Waals surface area contributed by atoms with Crippen molar-refractivity contribution in [3.8, 4) is 0 Å². The van der Waals surface area contributed by atoms with E-state index in [1.54, 1.807) is 0 Å². The van der Waals surface area contributed by atoms with Gasteiger partial charge in [0.1, 0.15) is 6.79 Å². The van der Waals surface area contributed by atoms with Gasteiger partial charge in [-0.15, -0.1) is 0 Å². The third-order valence-electron chi connectivity index (χ3n) is 0.500. The predicted molar refractivity (Wildman–Crippen MR) is 27.7 cm³/mol. The van der Waals surface area contributed by atoms with Crippen molar-refractivity contribution >= 4 is 6.79 Å². The summed E-state index contributed by atoms with van der Waals surface area (Å²) in [6, 6.07) is 0. The molecule has 0 aliphatic rings. The molecule has 0 atom stereocenters. The maximum Gasteiger partial charge on any atom is 0.106 e. The van der Waals surface area contributed by atoms with Crippen LogP contribution in [0.5, 0.6) is 0 Å². The summed E-state index contributed by atoms with van der Waals surface area (Å²) in [6.45, 7) is 6.36. The van der Waals surface area contributed by atoms with E-state index < -0.39 is 0 Å². The average molecular weight is 88.2 g/mol. The molecule has 0 aliphatic carbocycles. The summed E-state index contributed by atoms with van der Waals surface area (Å²) in [5.41, 5.74) is 0. The molecule has 0 radical (unpaired) electrons. The fraction of sp³-hybridized carbons (Fsp3) is 0.800. The molecular formula is C5H12O. The van der Waals surface area contributed by atoms with Crippen LogP contribution in [0.4, 0.5) is 0 Å². The third-order valence-corrected chi connectivity index (χ3v) is 0.500. The molecular weight excluding hydrogens is 76.1 g/mol. The zero-order valence-electron chi connectivity index (χ0n) is 4.53. The second kappa shape index (κ2) is 22.6. The Morgan fingerprint density at radius 3 is 1.33 bits per heavy atom. The minimum Gasteiger partial charge on any atom is -0.307 e. The van der Waals surface area contributed by atoms with E-state index in [9.17, 15) is 0 Å². The molecule has 1 heteroatoms. The van der Waals surface area contributed by atoms with Gasteiger partial charge in [-0.3, -0.25) is 0 Å². The Kier molecular flexibility index (Phi) is 34.5. The molecule has 0 spiro atoms. The van der Waals surface area contributed by atoms with Gasteiger partial charge < -0.3 is 4.79 Å². The van der Waals surface area contributed by atoms with Crippen molar-refractivity contribution in [3.05, 3.63) is 0 Å². The van der Waals surface area contributed by atoms with Crippen LogP contribution in [0.25, 0.3) is 0 Å². The van der Waals surface area contributed by atoms with E-state index in [4.69, 9.17) is 4.79 Å². The van der Waals surface area contributed by atoms with E-state index >= 15 is 0 Å². The lowest BCUT2D eigenvalue weighted by Crippen LogP contribution is -1.47. The molecule has 38 valence electrons. The summed E-state index contributed by atoms with van der Waals surface area (Å²) in [5.74, 6) is 0. The van der Waals surface area contributed by atoms with Gasteiger partial charge in [0.2, 0.25) is 0 Å². The van der Waals surface area contributed by atoms with Gasteiger partial charge in [0.15, 0.2) is 0 Å². The van der Waals surface area contributed by atoms with Crippen LogP contribution in [0.2, 0.25) is 0 Å². The number of carbonyl (C=O) groups is 1. The molecule has 0 heterocycles. The first-order chi connectivity index (χ1) is 2.91. The largest absolute Gasteiger partial charge is 0.307 e. The number of hydrogen-bond donors (Lipinski definition) is 0. The lowest BCUT2D eigenvalue weighted by molar-refractivity contribution is -0.0979. The molecule has 0 N–H and O–H groups in total. The fourth-order valence-electron chi connectivity index (χ4n) is 0. The first-order valence-corrected chi connectivity index (χ1v) is 2.20. The standard InChI is InChI=1S/C4H10.CH2O/c1-3-4-2;1-2/h3-4H2,1-2H3;1H2. The third kappa shape index (κ3) is 58.3. The molecule has 0 amide bonds. The quantitative estimate of drug-likeness (QED) is 0.476.